The number of hydrogen-bond donors (Lipinski definition) is 0. The van der Waals surface area contributed by atoms with E-state index in [1.807, 2.05) is 18.2 Å². The molecule has 4 saturated carbocycles. The second-order valence-corrected chi connectivity index (χ2v) is 7.38. The first-order chi connectivity index (χ1) is 10.2. The Labute approximate surface area is 125 Å². The van der Waals surface area contributed by atoms with Gasteiger partial charge >= 0.3 is 0 Å². The molecule has 4 fully saturated rings. The van der Waals surface area contributed by atoms with Gasteiger partial charge in [0.2, 0.25) is 0 Å². The lowest BCUT2D eigenvalue weighted by atomic mass is 9.47. The van der Waals surface area contributed by atoms with Crippen molar-refractivity contribution in [2.45, 2.75) is 44.4 Å². The van der Waals surface area contributed by atoms with Gasteiger partial charge in [-0.1, -0.05) is 6.07 Å². The topological polar surface area (TPSA) is 53.8 Å². The molecule has 0 N–H and O–H groups in total. The molecule has 1 unspecified atom stereocenters. The number of pyridine rings is 1. The molecule has 3 nitrogen and oxygen atoms in total. The number of hydrogen-bond acceptors (Lipinski definition) is 3. The van der Waals surface area contributed by atoms with Gasteiger partial charge in [-0.05, 0) is 68.4 Å². The van der Waals surface area contributed by atoms with Gasteiger partial charge in [0.05, 0.1) is 11.8 Å². The Morgan fingerprint density at radius 2 is 1.81 bits per heavy atom. The lowest BCUT2D eigenvalue weighted by Gasteiger charge is -2.56. The highest BCUT2D eigenvalue weighted by Crippen LogP contribution is 2.61. The fourth-order valence-corrected chi connectivity index (χ4v) is 5.52. The molecule has 3 heteroatoms. The number of carbonyl (C=O) groups is 1. The molecule has 21 heavy (non-hydrogen) atoms. The quantitative estimate of drug-likeness (QED) is 0.851. The van der Waals surface area contributed by atoms with Crippen molar-refractivity contribution in [2.24, 2.45) is 23.2 Å². The fourth-order valence-electron chi connectivity index (χ4n) is 5.52. The molecule has 108 valence electrons. The van der Waals surface area contributed by atoms with Crippen molar-refractivity contribution in [3.63, 3.8) is 0 Å². The molecule has 1 heterocycles. The van der Waals surface area contributed by atoms with Crippen LogP contribution in [-0.4, -0.2) is 10.8 Å². The molecule has 1 aromatic rings. The lowest BCUT2D eigenvalue weighted by Crippen LogP contribution is -2.51. The van der Waals surface area contributed by atoms with E-state index in [0.29, 0.717) is 5.69 Å². The molecule has 0 aromatic carbocycles. The lowest BCUT2D eigenvalue weighted by molar-refractivity contribution is -0.144. The third-order valence-electron chi connectivity index (χ3n) is 5.94. The van der Waals surface area contributed by atoms with Crippen LogP contribution in [0.4, 0.5) is 0 Å². The number of rotatable bonds is 3. The highest BCUT2D eigenvalue weighted by atomic mass is 16.1. The monoisotopic (exact) mass is 280 g/mol. The summed E-state index contributed by atoms with van der Waals surface area (Å²) in [6.45, 7) is 0. The SMILES string of the molecule is N#CC(C(=O)C12CC3CC(CC(C3)C1)C2)c1ccccn1. The third-order valence-corrected chi connectivity index (χ3v) is 5.94. The number of carbonyl (C=O) groups excluding carboxylic acids is 1. The van der Waals surface area contributed by atoms with Crippen molar-refractivity contribution in [1.82, 2.24) is 4.98 Å². The smallest absolute Gasteiger partial charge is 0.162 e. The Balaban J connectivity index is 1.66. The number of nitriles is 1. The molecule has 4 aliphatic carbocycles. The van der Waals surface area contributed by atoms with Gasteiger partial charge in [-0.15, -0.1) is 0 Å². The first-order valence-electron chi connectivity index (χ1n) is 8.05. The fraction of sp³-hybridized carbons (Fsp3) is 0.611. The highest BCUT2D eigenvalue weighted by molar-refractivity contribution is 5.93. The van der Waals surface area contributed by atoms with Crippen molar-refractivity contribution in [3.8, 4) is 6.07 Å². The van der Waals surface area contributed by atoms with Gasteiger partial charge in [0.25, 0.3) is 0 Å². The van der Waals surface area contributed by atoms with E-state index in [2.05, 4.69) is 11.1 Å². The van der Waals surface area contributed by atoms with E-state index in [-0.39, 0.29) is 11.2 Å². The van der Waals surface area contributed by atoms with Crippen LogP contribution in [0.2, 0.25) is 0 Å². The van der Waals surface area contributed by atoms with Crippen LogP contribution in [0.15, 0.2) is 24.4 Å². The molecule has 0 radical (unpaired) electrons. The Bertz CT molecular complexity index is 566. The van der Waals surface area contributed by atoms with Crippen LogP contribution >= 0.6 is 0 Å². The van der Waals surface area contributed by atoms with Gasteiger partial charge in [-0.2, -0.15) is 5.26 Å². The summed E-state index contributed by atoms with van der Waals surface area (Å²) in [4.78, 5) is 17.4. The molecule has 0 amide bonds. The summed E-state index contributed by atoms with van der Waals surface area (Å²) in [6.07, 6.45) is 8.66. The molecule has 4 aliphatic rings. The Morgan fingerprint density at radius 1 is 1.19 bits per heavy atom. The van der Waals surface area contributed by atoms with Crippen LogP contribution in [0.5, 0.6) is 0 Å². The van der Waals surface area contributed by atoms with E-state index in [9.17, 15) is 10.1 Å². The molecular formula is C18H20N2O. The predicted molar refractivity (Wildman–Crippen MR) is 78.2 cm³/mol. The van der Waals surface area contributed by atoms with Gasteiger partial charge in [0, 0.05) is 11.6 Å². The summed E-state index contributed by atoms with van der Waals surface area (Å²) in [6, 6.07) is 7.73. The molecule has 0 aliphatic heterocycles. The zero-order chi connectivity index (χ0) is 14.4. The van der Waals surface area contributed by atoms with E-state index < -0.39 is 5.92 Å². The van der Waals surface area contributed by atoms with Gasteiger partial charge in [-0.3, -0.25) is 9.78 Å². The largest absolute Gasteiger partial charge is 0.297 e. The molecule has 4 bridgehead atoms. The maximum absolute atomic E-state index is 13.2. The van der Waals surface area contributed by atoms with Crippen LogP contribution in [0.1, 0.15) is 50.1 Å². The van der Waals surface area contributed by atoms with Crippen LogP contribution in [-0.2, 0) is 4.79 Å². The standard InChI is InChI=1S/C18H20N2O/c19-11-15(16-3-1-2-4-20-16)17(21)18-8-12-5-13(9-18)7-14(6-12)10-18/h1-4,12-15H,5-10H2. The van der Waals surface area contributed by atoms with Crippen molar-refractivity contribution in [1.29, 1.82) is 5.26 Å². The van der Waals surface area contributed by atoms with Gasteiger partial charge in [0.15, 0.2) is 5.78 Å². The third kappa shape index (κ3) is 2.00. The van der Waals surface area contributed by atoms with E-state index in [1.54, 1.807) is 6.20 Å². The molecule has 1 atom stereocenters. The first kappa shape index (κ1) is 13.0. The van der Waals surface area contributed by atoms with Crippen LogP contribution in [0.25, 0.3) is 0 Å². The summed E-state index contributed by atoms with van der Waals surface area (Å²) in [7, 11) is 0. The molecule has 0 saturated heterocycles. The van der Waals surface area contributed by atoms with Crippen LogP contribution in [0.3, 0.4) is 0 Å². The van der Waals surface area contributed by atoms with E-state index >= 15 is 0 Å². The maximum Gasteiger partial charge on any atom is 0.162 e. The molecule has 0 spiro atoms. The maximum atomic E-state index is 13.2. The minimum absolute atomic E-state index is 0.155. The first-order valence-corrected chi connectivity index (χ1v) is 8.05. The average Bonchev–Trinajstić information content (AvgIpc) is 2.47. The second-order valence-electron chi connectivity index (χ2n) is 7.38. The normalized spacial score (nSPS) is 38.0. The zero-order valence-corrected chi connectivity index (χ0v) is 12.2. The number of ketones is 1. The van der Waals surface area contributed by atoms with Gasteiger partial charge in [0.1, 0.15) is 5.92 Å². The summed E-state index contributed by atoms with van der Waals surface area (Å²) < 4.78 is 0. The highest BCUT2D eigenvalue weighted by Gasteiger charge is 2.55. The van der Waals surface area contributed by atoms with Crippen molar-refractivity contribution < 1.29 is 4.79 Å². The van der Waals surface area contributed by atoms with Crippen molar-refractivity contribution in [3.05, 3.63) is 30.1 Å². The van der Waals surface area contributed by atoms with Crippen molar-refractivity contribution >= 4 is 5.78 Å². The number of aromatic nitrogens is 1. The van der Waals surface area contributed by atoms with Crippen LogP contribution < -0.4 is 0 Å². The summed E-state index contributed by atoms with van der Waals surface area (Å²) in [5.41, 5.74) is 0.410. The molecular weight excluding hydrogens is 260 g/mol. The number of nitrogens with zero attached hydrogens (tertiary/aromatic N) is 2. The minimum atomic E-state index is -0.678. The van der Waals surface area contributed by atoms with E-state index in [4.69, 9.17) is 0 Å². The molecule has 1 aromatic heterocycles. The van der Waals surface area contributed by atoms with Gasteiger partial charge in [-0.25, -0.2) is 0 Å². The summed E-state index contributed by atoms with van der Waals surface area (Å²) in [5.74, 6) is 1.65. The summed E-state index contributed by atoms with van der Waals surface area (Å²) >= 11 is 0. The molecule has 5 rings (SSSR count). The number of Topliss-reactive ketones (excluding diaryl/α,β-unsaturated/α-hetero) is 1. The Kier molecular flexibility index (Phi) is 2.89. The van der Waals surface area contributed by atoms with E-state index in [0.717, 1.165) is 37.0 Å². The van der Waals surface area contributed by atoms with E-state index in [1.165, 1.54) is 19.3 Å². The predicted octanol–water partition coefficient (Wildman–Crippen LogP) is 3.47. The Morgan fingerprint density at radius 3 is 2.29 bits per heavy atom. The average molecular weight is 280 g/mol. The summed E-state index contributed by atoms with van der Waals surface area (Å²) in [5, 5.41) is 9.54. The van der Waals surface area contributed by atoms with Crippen LogP contribution in [0, 0.1) is 34.5 Å². The van der Waals surface area contributed by atoms with Gasteiger partial charge < -0.3 is 0 Å². The Hall–Kier alpha value is -1.69. The minimum Gasteiger partial charge on any atom is -0.297 e. The second kappa shape index (κ2) is 4.66. The van der Waals surface area contributed by atoms with Crippen molar-refractivity contribution in [2.75, 3.05) is 0 Å². The zero-order valence-electron chi connectivity index (χ0n) is 12.2.